The first-order chi connectivity index (χ1) is 11.1. The number of benzene rings is 1. The Morgan fingerprint density at radius 2 is 2.00 bits per heavy atom. The summed E-state index contributed by atoms with van der Waals surface area (Å²) in [6.07, 6.45) is -0.339. The molecule has 1 saturated heterocycles. The summed E-state index contributed by atoms with van der Waals surface area (Å²) in [5.74, 6) is -2.62. The molecule has 132 valence electrons. The predicted molar refractivity (Wildman–Crippen MR) is 82.3 cm³/mol. The number of carbonyl (C=O) groups is 1. The van der Waals surface area contributed by atoms with Gasteiger partial charge in [-0.25, -0.2) is 13.6 Å². The van der Waals surface area contributed by atoms with Gasteiger partial charge >= 0.3 is 6.09 Å². The van der Waals surface area contributed by atoms with Gasteiger partial charge in [0.25, 0.3) is 0 Å². The summed E-state index contributed by atoms with van der Waals surface area (Å²) in [5, 5.41) is 11.4. The molecule has 1 aliphatic heterocycles. The molecule has 6 nitrogen and oxygen atoms in total. The fraction of sp³-hybridized carbons (Fsp3) is 0.562. The molecule has 0 saturated carbocycles. The van der Waals surface area contributed by atoms with Crippen molar-refractivity contribution in [3.05, 3.63) is 45.5 Å². The van der Waals surface area contributed by atoms with Crippen molar-refractivity contribution in [2.45, 2.75) is 44.8 Å². The highest BCUT2D eigenvalue weighted by molar-refractivity contribution is 5.68. The topological polar surface area (TPSA) is 72.7 Å². The van der Waals surface area contributed by atoms with E-state index in [-0.39, 0.29) is 19.5 Å². The molecule has 0 N–H and O–H groups in total. The van der Waals surface area contributed by atoms with Crippen LogP contribution in [0.5, 0.6) is 0 Å². The van der Waals surface area contributed by atoms with E-state index in [1.807, 2.05) is 0 Å². The number of ether oxygens (including phenoxy) is 1. The van der Waals surface area contributed by atoms with Gasteiger partial charge < -0.3 is 9.64 Å². The molecule has 0 aliphatic carbocycles. The summed E-state index contributed by atoms with van der Waals surface area (Å²) >= 11 is 0. The third-order valence-corrected chi connectivity index (χ3v) is 3.88. The molecule has 0 spiro atoms. The van der Waals surface area contributed by atoms with Crippen molar-refractivity contribution in [3.63, 3.8) is 0 Å². The van der Waals surface area contributed by atoms with Crippen LogP contribution >= 0.6 is 0 Å². The van der Waals surface area contributed by atoms with Gasteiger partial charge in [-0.15, -0.1) is 0 Å². The summed E-state index contributed by atoms with van der Waals surface area (Å²) in [6, 6.07) is 2.20. The number of rotatable bonds is 2. The largest absolute Gasteiger partial charge is 0.444 e. The van der Waals surface area contributed by atoms with Gasteiger partial charge in [0.2, 0.25) is 6.04 Å². The molecule has 1 heterocycles. The van der Waals surface area contributed by atoms with Gasteiger partial charge in [0, 0.05) is 11.5 Å². The van der Waals surface area contributed by atoms with Crippen molar-refractivity contribution in [1.82, 2.24) is 4.90 Å². The van der Waals surface area contributed by atoms with Crippen molar-refractivity contribution >= 4 is 6.09 Å². The van der Waals surface area contributed by atoms with Crippen LogP contribution in [-0.4, -0.2) is 40.6 Å². The molecule has 0 bridgehead atoms. The molecule has 2 atom stereocenters. The van der Waals surface area contributed by atoms with E-state index >= 15 is 0 Å². The van der Waals surface area contributed by atoms with Crippen LogP contribution in [0.2, 0.25) is 0 Å². The van der Waals surface area contributed by atoms with E-state index in [2.05, 4.69) is 0 Å². The molecule has 1 aliphatic rings. The van der Waals surface area contributed by atoms with Crippen molar-refractivity contribution in [3.8, 4) is 0 Å². The number of hydrogen-bond donors (Lipinski definition) is 0. The Bertz CT molecular complexity index is 645. The summed E-state index contributed by atoms with van der Waals surface area (Å²) in [5.41, 5.74) is -0.336. The molecule has 1 unspecified atom stereocenters. The number of amides is 1. The maximum atomic E-state index is 13.4. The van der Waals surface area contributed by atoms with Crippen molar-refractivity contribution in [1.29, 1.82) is 0 Å². The van der Waals surface area contributed by atoms with Gasteiger partial charge in [-0.3, -0.25) is 10.1 Å². The number of halogens is 2. The Morgan fingerprint density at radius 1 is 1.33 bits per heavy atom. The van der Waals surface area contributed by atoms with Crippen LogP contribution in [0.25, 0.3) is 0 Å². The molecular weight excluding hydrogens is 322 g/mol. The summed E-state index contributed by atoms with van der Waals surface area (Å²) in [7, 11) is 0. The molecule has 1 aromatic rings. The van der Waals surface area contributed by atoms with E-state index in [1.54, 1.807) is 20.8 Å². The monoisotopic (exact) mass is 342 g/mol. The maximum Gasteiger partial charge on any atom is 0.410 e. The van der Waals surface area contributed by atoms with Gasteiger partial charge in [-0.05, 0) is 44.9 Å². The molecule has 1 aromatic carbocycles. The lowest BCUT2D eigenvalue weighted by Crippen LogP contribution is -2.50. The molecule has 2 rings (SSSR count). The second-order valence-electron chi connectivity index (χ2n) is 6.85. The molecule has 0 aromatic heterocycles. The Labute approximate surface area is 138 Å². The second-order valence-corrected chi connectivity index (χ2v) is 6.85. The SMILES string of the molecule is CC(C)(C)OC(=O)N1CCC(c2ccc(F)c(F)c2)[C@@H]([N+](=O)[O-])C1. The first-order valence-corrected chi connectivity index (χ1v) is 7.65. The van der Waals surface area contributed by atoms with E-state index in [9.17, 15) is 23.7 Å². The molecule has 0 radical (unpaired) electrons. The van der Waals surface area contributed by atoms with Gasteiger partial charge in [0.1, 0.15) is 5.60 Å². The Hall–Kier alpha value is -2.25. The van der Waals surface area contributed by atoms with Gasteiger partial charge in [-0.2, -0.15) is 0 Å². The predicted octanol–water partition coefficient (Wildman–Crippen LogP) is 3.33. The lowest BCUT2D eigenvalue weighted by molar-refractivity contribution is -0.529. The average molecular weight is 342 g/mol. The van der Waals surface area contributed by atoms with E-state index in [0.717, 1.165) is 12.1 Å². The minimum atomic E-state index is -1.10. The number of piperidine rings is 1. The molecule has 1 fully saturated rings. The zero-order valence-electron chi connectivity index (χ0n) is 13.8. The van der Waals surface area contributed by atoms with Crippen molar-refractivity contribution in [2.24, 2.45) is 0 Å². The number of likely N-dealkylation sites (tertiary alicyclic amines) is 1. The third-order valence-electron chi connectivity index (χ3n) is 3.88. The highest BCUT2D eigenvalue weighted by atomic mass is 19.2. The van der Waals surface area contributed by atoms with Gasteiger partial charge in [0.15, 0.2) is 11.6 Å². The number of nitrogens with zero attached hydrogens (tertiary/aromatic N) is 2. The number of nitro groups is 1. The normalized spacial score (nSPS) is 21.5. The lowest BCUT2D eigenvalue weighted by atomic mass is 9.85. The molecular formula is C16H20F2N2O4. The van der Waals surface area contributed by atoms with Crippen LogP contribution in [0.4, 0.5) is 13.6 Å². The van der Waals surface area contributed by atoms with Crippen LogP contribution in [0.1, 0.15) is 38.7 Å². The Balaban J connectivity index is 2.18. The van der Waals surface area contributed by atoms with Crippen LogP contribution in [0.15, 0.2) is 18.2 Å². The first kappa shape index (κ1) is 18.1. The molecule has 8 heteroatoms. The second kappa shape index (κ2) is 6.70. The van der Waals surface area contributed by atoms with Crippen LogP contribution < -0.4 is 0 Å². The van der Waals surface area contributed by atoms with Crippen molar-refractivity contribution in [2.75, 3.05) is 13.1 Å². The van der Waals surface area contributed by atoms with Crippen LogP contribution in [0, 0.1) is 21.7 Å². The van der Waals surface area contributed by atoms with Crippen LogP contribution in [-0.2, 0) is 4.74 Å². The molecule has 24 heavy (non-hydrogen) atoms. The fourth-order valence-corrected chi connectivity index (χ4v) is 2.77. The van der Waals surface area contributed by atoms with Gasteiger partial charge in [-0.1, -0.05) is 6.07 Å². The van der Waals surface area contributed by atoms with Crippen molar-refractivity contribution < 1.29 is 23.2 Å². The highest BCUT2D eigenvalue weighted by Gasteiger charge is 2.41. The zero-order chi connectivity index (χ0) is 18.1. The highest BCUT2D eigenvalue weighted by Crippen LogP contribution is 2.31. The van der Waals surface area contributed by atoms with Gasteiger partial charge in [0.05, 0.1) is 12.5 Å². The number of carbonyl (C=O) groups excluding carboxylic acids is 1. The summed E-state index contributed by atoms with van der Waals surface area (Å²) < 4.78 is 31.7. The molecule has 1 amide bonds. The Kier molecular flexibility index (Phi) is 5.05. The van der Waals surface area contributed by atoms with E-state index < -0.39 is 40.2 Å². The number of hydrogen-bond acceptors (Lipinski definition) is 4. The minimum Gasteiger partial charge on any atom is -0.444 e. The quantitative estimate of drug-likeness (QED) is 0.610. The maximum absolute atomic E-state index is 13.4. The minimum absolute atomic E-state index is 0.133. The average Bonchev–Trinajstić information content (AvgIpc) is 2.47. The van der Waals surface area contributed by atoms with Crippen LogP contribution in [0.3, 0.4) is 0 Å². The summed E-state index contributed by atoms with van der Waals surface area (Å²) in [6.45, 7) is 5.26. The Morgan fingerprint density at radius 3 is 2.54 bits per heavy atom. The third kappa shape index (κ3) is 4.18. The standard InChI is InChI=1S/C16H20F2N2O4/c1-16(2,3)24-15(21)19-7-6-11(14(9-19)20(22)23)10-4-5-12(17)13(18)8-10/h4-5,8,11,14H,6-7,9H2,1-3H3/t11?,14-/m0/s1. The lowest BCUT2D eigenvalue weighted by Gasteiger charge is -2.35. The first-order valence-electron chi connectivity index (χ1n) is 7.65. The summed E-state index contributed by atoms with van der Waals surface area (Å²) in [4.78, 5) is 24.3. The van der Waals surface area contributed by atoms with E-state index in [1.165, 1.54) is 11.0 Å². The fourth-order valence-electron chi connectivity index (χ4n) is 2.77. The zero-order valence-corrected chi connectivity index (χ0v) is 13.8. The smallest absolute Gasteiger partial charge is 0.410 e. The van der Waals surface area contributed by atoms with E-state index in [4.69, 9.17) is 4.74 Å². The van der Waals surface area contributed by atoms with E-state index in [0.29, 0.717) is 5.56 Å².